The Bertz CT molecular complexity index is 1020. The maximum absolute atomic E-state index is 13.1. The van der Waals surface area contributed by atoms with Gasteiger partial charge >= 0.3 is 5.97 Å². The predicted molar refractivity (Wildman–Crippen MR) is 124 cm³/mol. The fraction of sp³-hybridized carbons (Fsp3) is 0.577. The molecule has 176 valence electrons. The van der Waals surface area contributed by atoms with Crippen molar-refractivity contribution >= 4 is 28.7 Å². The Morgan fingerprint density at radius 2 is 1.76 bits per heavy atom. The zero-order chi connectivity index (χ0) is 23.0. The molecule has 1 aromatic carbocycles. The first-order chi connectivity index (χ1) is 16.0. The monoisotopic (exact) mass is 451 g/mol. The topological polar surface area (TPSA) is 100 Å². The van der Waals surface area contributed by atoms with Gasteiger partial charge in [0.2, 0.25) is 11.8 Å². The Hall–Kier alpha value is -2.83. The minimum Gasteiger partial charge on any atom is -0.467 e. The minimum atomic E-state index is -0.777. The number of carbonyl (C=O) groups is 3. The first-order valence-corrected chi connectivity index (χ1v) is 12.2. The van der Waals surface area contributed by atoms with Gasteiger partial charge in [-0.1, -0.05) is 18.2 Å². The summed E-state index contributed by atoms with van der Waals surface area (Å²) in [7, 11) is 1.32. The third-order valence-electron chi connectivity index (χ3n) is 8.08. The molecule has 0 unspecified atom stereocenters. The van der Waals surface area contributed by atoms with Crippen LogP contribution in [0, 0.1) is 23.2 Å². The van der Waals surface area contributed by atoms with Crippen molar-refractivity contribution in [3.8, 4) is 0 Å². The fourth-order valence-corrected chi connectivity index (χ4v) is 6.99. The summed E-state index contributed by atoms with van der Waals surface area (Å²) in [6, 6.07) is 7.06. The molecule has 2 amide bonds. The highest BCUT2D eigenvalue weighted by molar-refractivity contribution is 5.88. The van der Waals surface area contributed by atoms with Crippen LogP contribution in [-0.2, 0) is 25.5 Å². The van der Waals surface area contributed by atoms with Crippen molar-refractivity contribution in [3.05, 3.63) is 36.0 Å². The lowest BCUT2D eigenvalue weighted by Crippen LogP contribution is -2.54. The van der Waals surface area contributed by atoms with Crippen LogP contribution in [0.15, 0.2) is 30.5 Å². The van der Waals surface area contributed by atoms with E-state index in [1.807, 2.05) is 30.5 Å². The molecule has 1 atom stereocenters. The zero-order valence-electron chi connectivity index (χ0n) is 19.2. The van der Waals surface area contributed by atoms with E-state index >= 15 is 0 Å². The summed E-state index contributed by atoms with van der Waals surface area (Å²) in [6.45, 7) is 0.285. The molecule has 4 saturated carbocycles. The lowest BCUT2D eigenvalue weighted by molar-refractivity contribution is -0.147. The second kappa shape index (κ2) is 8.84. The molecule has 4 fully saturated rings. The number of benzene rings is 1. The van der Waals surface area contributed by atoms with Gasteiger partial charge in [-0.05, 0) is 67.9 Å². The van der Waals surface area contributed by atoms with Crippen molar-refractivity contribution < 1.29 is 19.1 Å². The third kappa shape index (κ3) is 4.37. The summed E-state index contributed by atoms with van der Waals surface area (Å²) >= 11 is 0. The number of fused-ring (bicyclic) bond motifs is 1. The molecule has 3 N–H and O–H groups in total. The molecule has 0 radical (unpaired) electrons. The van der Waals surface area contributed by atoms with Gasteiger partial charge in [0.05, 0.1) is 7.11 Å². The molecule has 7 heteroatoms. The average Bonchev–Trinajstić information content (AvgIpc) is 3.20. The van der Waals surface area contributed by atoms with Crippen molar-refractivity contribution in [3.63, 3.8) is 0 Å². The van der Waals surface area contributed by atoms with Gasteiger partial charge < -0.3 is 20.4 Å². The molecule has 0 saturated heterocycles. The summed E-state index contributed by atoms with van der Waals surface area (Å²) < 4.78 is 4.92. The van der Waals surface area contributed by atoms with Crippen LogP contribution in [0.4, 0.5) is 0 Å². The highest BCUT2D eigenvalue weighted by Gasteiger charge is 2.54. The summed E-state index contributed by atoms with van der Waals surface area (Å²) in [5.41, 5.74) is 1.71. The van der Waals surface area contributed by atoms with Crippen molar-refractivity contribution in [1.82, 2.24) is 15.6 Å². The number of hydrogen-bond acceptors (Lipinski definition) is 4. The molecule has 1 aromatic heterocycles. The van der Waals surface area contributed by atoms with E-state index in [1.54, 1.807) is 0 Å². The number of methoxy groups -OCH3 is 1. The lowest BCUT2D eigenvalue weighted by atomic mass is 9.49. The molecular formula is C26H33N3O4. The van der Waals surface area contributed by atoms with Gasteiger partial charge in [0.25, 0.3) is 0 Å². The molecule has 0 spiro atoms. The van der Waals surface area contributed by atoms with Gasteiger partial charge in [0.1, 0.15) is 6.04 Å². The number of para-hydroxylation sites is 1. The van der Waals surface area contributed by atoms with E-state index in [2.05, 4.69) is 15.6 Å². The summed E-state index contributed by atoms with van der Waals surface area (Å²) in [5.74, 6) is 1.49. The summed E-state index contributed by atoms with van der Waals surface area (Å²) in [6.07, 6.45) is 9.23. The molecule has 1 heterocycles. The van der Waals surface area contributed by atoms with Crippen LogP contribution in [0.5, 0.6) is 0 Å². The smallest absolute Gasteiger partial charge is 0.328 e. The summed E-state index contributed by atoms with van der Waals surface area (Å²) in [5, 5.41) is 6.85. The van der Waals surface area contributed by atoms with Crippen LogP contribution in [0.25, 0.3) is 10.9 Å². The Balaban J connectivity index is 1.15. The van der Waals surface area contributed by atoms with Crippen LogP contribution in [-0.4, -0.2) is 42.5 Å². The number of aromatic nitrogens is 1. The number of rotatable bonds is 8. The van der Waals surface area contributed by atoms with E-state index in [9.17, 15) is 14.4 Å². The fourth-order valence-electron chi connectivity index (χ4n) is 6.99. The quantitative estimate of drug-likeness (QED) is 0.537. The molecule has 4 bridgehead atoms. The van der Waals surface area contributed by atoms with Crippen molar-refractivity contribution in [2.24, 2.45) is 23.2 Å². The molecule has 7 nitrogen and oxygen atoms in total. The average molecular weight is 452 g/mol. The standard InChI is InChI=1S/C26H33N3O4/c1-33-24(31)22(11-19-15-28-21-5-3-2-4-20(19)21)29-23(30)6-7-27-25(32)26-12-16-8-17(13-26)10-18(9-16)14-26/h2-5,15-18,22,28H,6-14H2,1H3,(H,27,32)(H,29,30)/t16?,17?,18?,22-,26?/m1/s1. The Morgan fingerprint density at radius 1 is 1.09 bits per heavy atom. The van der Waals surface area contributed by atoms with Crippen LogP contribution < -0.4 is 10.6 Å². The van der Waals surface area contributed by atoms with Crippen LogP contribution >= 0.6 is 0 Å². The Labute approximate surface area is 194 Å². The number of nitrogens with one attached hydrogen (secondary N) is 3. The molecule has 33 heavy (non-hydrogen) atoms. The Morgan fingerprint density at radius 3 is 2.42 bits per heavy atom. The van der Waals surface area contributed by atoms with E-state index in [0.717, 1.165) is 35.7 Å². The van der Waals surface area contributed by atoms with Gasteiger partial charge in [-0.3, -0.25) is 9.59 Å². The van der Waals surface area contributed by atoms with Crippen LogP contribution in [0.1, 0.15) is 50.5 Å². The maximum atomic E-state index is 13.1. The maximum Gasteiger partial charge on any atom is 0.328 e. The molecule has 0 aliphatic heterocycles. The number of hydrogen-bond donors (Lipinski definition) is 3. The second-order valence-electron chi connectivity index (χ2n) is 10.4. The summed E-state index contributed by atoms with van der Waals surface area (Å²) in [4.78, 5) is 41.2. The molecular weight excluding hydrogens is 418 g/mol. The molecule has 4 aliphatic carbocycles. The van der Waals surface area contributed by atoms with Crippen molar-refractivity contribution in [2.45, 2.75) is 57.4 Å². The zero-order valence-corrected chi connectivity index (χ0v) is 19.2. The van der Waals surface area contributed by atoms with Gasteiger partial charge in [-0.2, -0.15) is 0 Å². The van der Waals surface area contributed by atoms with Crippen molar-refractivity contribution in [2.75, 3.05) is 13.7 Å². The minimum absolute atomic E-state index is 0.123. The Kier molecular flexibility index (Phi) is 5.89. The highest BCUT2D eigenvalue weighted by Crippen LogP contribution is 2.60. The van der Waals surface area contributed by atoms with E-state index in [1.165, 1.54) is 26.4 Å². The van der Waals surface area contributed by atoms with E-state index in [0.29, 0.717) is 24.2 Å². The van der Waals surface area contributed by atoms with Crippen molar-refractivity contribution in [1.29, 1.82) is 0 Å². The number of amides is 2. The van der Waals surface area contributed by atoms with Gasteiger partial charge in [-0.15, -0.1) is 0 Å². The second-order valence-corrected chi connectivity index (χ2v) is 10.4. The number of aromatic amines is 1. The number of carbonyl (C=O) groups excluding carboxylic acids is 3. The van der Waals surface area contributed by atoms with E-state index < -0.39 is 12.0 Å². The SMILES string of the molecule is COC(=O)[C@@H](Cc1c[nH]c2ccccc12)NC(=O)CCNC(=O)C12CC3CC(CC(C3)C1)C2. The molecule has 2 aromatic rings. The van der Waals surface area contributed by atoms with Crippen LogP contribution in [0.3, 0.4) is 0 Å². The van der Waals surface area contributed by atoms with E-state index in [4.69, 9.17) is 4.74 Å². The highest BCUT2D eigenvalue weighted by atomic mass is 16.5. The largest absolute Gasteiger partial charge is 0.467 e. The van der Waals surface area contributed by atoms with Crippen LogP contribution in [0.2, 0.25) is 0 Å². The van der Waals surface area contributed by atoms with Gasteiger partial charge in [0, 0.05) is 41.9 Å². The van der Waals surface area contributed by atoms with Gasteiger partial charge in [0.15, 0.2) is 0 Å². The lowest BCUT2D eigenvalue weighted by Gasteiger charge is -2.55. The first kappa shape index (κ1) is 22.0. The number of ether oxygens (including phenoxy) is 1. The number of esters is 1. The first-order valence-electron chi connectivity index (χ1n) is 12.2. The number of H-pyrrole nitrogens is 1. The van der Waals surface area contributed by atoms with E-state index in [-0.39, 0.29) is 30.2 Å². The van der Waals surface area contributed by atoms with Gasteiger partial charge in [-0.25, -0.2) is 4.79 Å². The predicted octanol–water partition coefficient (Wildman–Crippen LogP) is 3.09. The molecule has 4 aliphatic rings. The third-order valence-corrected chi connectivity index (χ3v) is 8.08. The normalized spacial score (nSPS) is 28.5. The molecule has 6 rings (SSSR count).